The predicted molar refractivity (Wildman–Crippen MR) is 84.4 cm³/mol. The van der Waals surface area contributed by atoms with E-state index in [2.05, 4.69) is 34.2 Å². The SMILES string of the molecule is CC(NCc1ccc(Br)c(Cl)c1)C1CC2CCC1C2. The number of nitrogens with one attached hydrogen (secondary N) is 1. The lowest BCUT2D eigenvalue weighted by Gasteiger charge is -2.28. The molecule has 0 aliphatic heterocycles. The third-order valence-electron chi connectivity index (χ3n) is 5.05. The van der Waals surface area contributed by atoms with E-state index >= 15 is 0 Å². The van der Waals surface area contributed by atoms with Crippen LogP contribution in [0.1, 0.15) is 38.2 Å². The molecule has 0 radical (unpaired) electrons. The Bertz CT molecular complexity index is 462. The molecule has 0 aromatic heterocycles. The van der Waals surface area contributed by atoms with Gasteiger partial charge in [0, 0.05) is 17.1 Å². The van der Waals surface area contributed by atoms with Crippen LogP contribution >= 0.6 is 27.5 Å². The number of hydrogen-bond donors (Lipinski definition) is 1. The second kappa shape index (κ2) is 5.75. The molecule has 0 amide bonds. The van der Waals surface area contributed by atoms with Crippen LogP contribution in [0, 0.1) is 17.8 Å². The van der Waals surface area contributed by atoms with Gasteiger partial charge in [-0.25, -0.2) is 0 Å². The Morgan fingerprint density at radius 3 is 2.84 bits per heavy atom. The molecule has 1 nitrogen and oxygen atoms in total. The maximum absolute atomic E-state index is 6.13. The molecule has 0 saturated heterocycles. The van der Waals surface area contributed by atoms with Gasteiger partial charge >= 0.3 is 0 Å². The van der Waals surface area contributed by atoms with Crippen LogP contribution in [-0.2, 0) is 6.54 Å². The van der Waals surface area contributed by atoms with Crippen molar-refractivity contribution in [2.75, 3.05) is 0 Å². The largest absolute Gasteiger partial charge is 0.310 e. The van der Waals surface area contributed by atoms with Crippen molar-refractivity contribution in [2.24, 2.45) is 17.8 Å². The number of fused-ring (bicyclic) bond motifs is 2. The van der Waals surface area contributed by atoms with E-state index in [1.54, 1.807) is 0 Å². The fourth-order valence-corrected chi connectivity index (χ4v) is 4.44. The fraction of sp³-hybridized carbons (Fsp3) is 0.625. The summed E-state index contributed by atoms with van der Waals surface area (Å²) in [5.74, 6) is 2.91. The van der Waals surface area contributed by atoms with Gasteiger partial charge in [-0.05, 0) is 77.6 Å². The normalized spacial score (nSPS) is 30.8. The summed E-state index contributed by atoms with van der Waals surface area (Å²) >= 11 is 9.57. The molecule has 2 aliphatic carbocycles. The van der Waals surface area contributed by atoms with E-state index in [4.69, 9.17) is 11.6 Å². The van der Waals surface area contributed by atoms with Crippen LogP contribution in [0.3, 0.4) is 0 Å². The van der Waals surface area contributed by atoms with Crippen LogP contribution < -0.4 is 5.32 Å². The van der Waals surface area contributed by atoms with Crippen molar-refractivity contribution in [3.8, 4) is 0 Å². The lowest BCUT2D eigenvalue weighted by atomic mass is 9.84. The summed E-state index contributed by atoms with van der Waals surface area (Å²) in [6.45, 7) is 3.27. The van der Waals surface area contributed by atoms with Crippen molar-refractivity contribution in [1.82, 2.24) is 5.32 Å². The molecule has 0 spiro atoms. The Morgan fingerprint density at radius 1 is 1.37 bits per heavy atom. The van der Waals surface area contributed by atoms with Crippen LogP contribution in [0.5, 0.6) is 0 Å². The summed E-state index contributed by atoms with van der Waals surface area (Å²) in [6.07, 6.45) is 5.88. The summed E-state index contributed by atoms with van der Waals surface area (Å²) in [5.41, 5.74) is 1.27. The Morgan fingerprint density at radius 2 is 2.21 bits per heavy atom. The van der Waals surface area contributed by atoms with Crippen molar-refractivity contribution < 1.29 is 0 Å². The standard InChI is InChI=1S/C16H21BrClN/c1-10(14-7-11-2-4-13(14)6-11)19-9-12-3-5-15(17)16(18)8-12/h3,5,8,10-11,13-14,19H,2,4,6-7,9H2,1H3. The summed E-state index contributed by atoms with van der Waals surface area (Å²) in [4.78, 5) is 0. The van der Waals surface area contributed by atoms with E-state index < -0.39 is 0 Å². The first-order valence-electron chi connectivity index (χ1n) is 7.31. The number of halogens is 2. The average molecular weight is 343 g/mol. The van der Waals surface area contributed by atoms with Crippen molar-refractivity contribution in [1.29, 1.82) is 0 Å². The van der Waals surface area contributed by atoms with Gasteiger partial charge in [0.05, 0.1) is 5.02 Å². The van der Waals surface area contributed by atoms with Gasteiger partial charge in [-0.2, -0.15) is 0 Å². The third-order valence-corrected chi connectivity index (χ3v) is 6.28. The second-order valence-electron chi connectivity index (χ2n) is 6.26. The average Bonchev–Trinajstić information content (AvgIpc) is 3.02. The first kappa shape index (κ1) is 13.9. The number of hydrogen-bond acceptors (Lipinski definition) is 1. The van der Waals surface area contributed by atoms with Crippen LogP contribution in [-0.4, -0.2) is 6.04 Å². The van der Waals surface area contributed by atoms with E-state index in [0.717, 1.165) is 33.8 Å². The zero-order valence-corrected chi connectivity index (χ0v) is 13.7. The molecule has 2 fully saturated rings. The minimum atomic E-state index is 0.623. The minimum Gasteiger partial charge on any atom is -0.310 e. The zero-order chi connectivity index (χ0) is 13.4. The highest BCUT2D eigenvalue weighted by molar-refractivity contribution is 9.10. The smallest absolute Gasteiger partial charge is 0.0551 e. The highest BCUT2D eigenvalue weighted by Gasteiger charge is 2.41. The quantitative estimate of drug-likeness (QED) is 0.810. The first-order valence-corrected chi connectivity index (χ1v) is 8.48. The van der Waals surface area contributed by atoms with E-state index in [9.17, 15) is 0 Å². The molecule has 2 saturated carbocycles. The van der Waals surface area contributed by atoms with E-state index in [1.807, 2.05) is 12.1 Å². The summed E-state index contributed by atoms with van der Waals surface area (Å²) in [6, 6.07) is 6.84. The Balaban J connectivity index is 1.55. The maximum Gasteiger partial charge on any atom is 0.0551 e. The molecular weight excluding hydrogens is 322 g/mol. The molecule has 4 unspecified atom stereocenters. The topological polar surface area (TPSA) is 12.0 Å². The van der Waals surface area contributed by atoms with E-state index in [0.29, 0.717) is 6.04 Å². The lowest BCUT2D eigenvalue weighted by Crippen LogP contribution is -2.35. The van der Waals surface area contributed by atoms with Crippen molar-refractivity contribution in [2.45, 2.75) is 45.2 Å². The highest BCUT2D eigenvalue weighted by Crippen LogP contribution is 2.49. The molecule has 1 aromatic carbocycles. The van der Waals surface area contributed by atoms with Gasteiger partial charge in [-0.1, -0.05) is 24.1 Å². The Hall–Kier alpha value is -0.0500. The highest BCUT2D eigenvalue weighted by atomic mass is 79.9. The van der Waals surface area contributed by atoms with Crippen LogP contribution in [0.15, 0.2) is 22.7 Å². The summed E-state index contributed by atoms with van der Waals surface area (Å²) in [5, 5.41) is 4.50. The molecule has 2 bridgehead atoms. The van der Waals surface area contributed by atoms with Gasteiger partial charge in [0.1, 0.15) is 0 Å². The summed E-state index contributed by atoms with van der Waals surface area (Å²) < 4.78 is 0.971. The molecule has 4 atom stereocenters. The monoisotopic (exact) mass is 341 g/mol. The predicted octanol–water partition coefficient (Wildman–Crippen LogP) is 5.02. The molecule has 1 N–H and O–H groups in total. The first-order chi connectivity index (χ1) is 9.13. The molecular formula is C16H21BrClN. The van der Waals surface area contributed by atoms with Gasteiger partial charge in [-0.15, -0.1) is 0 Å². The van der Waals surface area contributed by atoms with Crippen LogP contribution in [0.2, 0.25) is 5.02 Å². The molecule has 3 heteroatoms. The molecule has 19 heavy (non-hydrogen) atoms. The summed E-state index contributed by atoms with van der Waals surface area (Å²) in [7, 11) is 0. The van der Waals surface area contributed by atoms with Crippen molar-refractivity contribution >= 4 is 27.5 Å². The van der Waals surface area contributed by atoms with Crippen LogP contribution in [0.25, 0.3) is 0 Å². The van der Waals surface area contributed by atoms with E-state index in [1.165, 1.54) is 31.2 Å². The Labute approximate surface area is 129 Å². The third kappa shape index (κ3) is 3.01. The molecule has 2 aliphatic rings. The number of rotatable bonds is 4. The van der Waals surface area contributed by atoms with Gasteiger partial charge in [-0.3, -0.25) is 0 Å². The van der Waals surface area contributed by atoms with E-state index in [-0.39, 0.29) is 0 Å². The Kier molecular flexibility index (Phi) is 4.21. The minimum absolute atomic E-state index is 0.623. The van der Waals surface area contributed by atoms with Gasteiger partial charge in [0.25, 0.3) is 0 Å². The van der Waals surface area contributed by atoms with Gasteiger partial charge in [0.15, 0.2) is 0 Å². The second-order valence-corrected chi connectivity index (χ2v) is 7.52. The number of benzene rings is 1. The molecule has 1 aromatic rings. The fourth-order valence-electron chi connectivity index (χ4n) is 3.99. The molecule has 0 heterocycles. The van der Waals surface area contributed by atoms with Crippen LogP contribution in [0.4, 0.5) is 0 Å². The molecule has 104 valence electrons. The zero-order valence-electron chi connectivity index (χ0n) is 11.3. The van der Waals surface area contributed by atoms with Crippen molar-refractivity contribution in [3.63, 3.8) is 0 Å². The molecule has 3 rings (SSSR count). The lowest BCUT2D eigenvalue weighted by molar-refractivity contribution is 0.259. The van der Waals surface area contributed by atoms with Gasteiger partial charge < -0.3 is 5.32 Å². The van der Waals surface area contributed by atoms with Gasteiger partial charge in [0.2, 0.25) is 0 Å². The van der Waals surface area contributed by atoms with Crippen molar-refractivity contribution in [3.05, 3.63) is 33.3 Å². The maximum atomic E-state index is 6.13.